The number of ether oxygens (including phenoxy) is 3. The highest BCUT2D eigenvalue weighted by molar-refractivity contribution is 6.31. The van der Waals surface area contributed by atoms with Crippen LogP contribution in [-0.2, 0) is 15.7 Å². The lowest BCUT2D eigenvalue weighted by Crippen LogP contribution is -2.18. The number of carbonyl (C=O) groups is 1. The SMILES string of the molecule is C=C(C(=O)OCC)C(Oc1ccc(Oc2ncc(C(F)(F)F)cc2Cl)cc1)c1ccc([N+](=O)[O-])cc1. The molecule has 1 atom stereocenters. The van der Waals surface area contributed by atoms with E-state index in [4.69, 9.17) is 25.8 Å². The number of alkyl halides is 3. The average Bonchev–Trinajstić information content (AvgIpc) is 2.84. The Morgan fingerprint density at radius 1 is 1.14 bits per heavy atom. The fraction of sp³-hybridized carbons (Fsp3) is 0.167. The average molecular weight is 523 g/mol. The minimum atomic E-state index is -4.60. The van der Waals surface area contributed by atoms with Gasteiger partial charge >= 0.3 is 12.1 Å². The number of nitro groups is 1. The minimum Gasteiger partial charge on any atom is -0.481 e. The Bertz CT molecular complexity index is 1260. The summed E-state index contributed by atoms with van der Waals surface area (Å²) in [5.74, 6) is -0.461. The molecule has 0 fully saturated rings. The van der Waals surface area contributed by atoms with Crippen LogP contribution in [0.5, 0.6) is 17.4 Å². The predicted octanol–water partition coefficient (Wildman–Crippen LogP) is 6.69. The van der Waals surface area contributed by atoms with Gasteiger partial charge in [-0.3, -0.25) is 10.1 Å². The maximum absolute atomic E-state index is 12.8. The fourth-order valence-corrected chi connectivity index (χ4v) is 3.14. The lowest BCUT2D eigenvalue weighted by Gasteiger charge is -2.21. The molecule has 0 bridgehead atoms. The predicted molar refractivity (Wildman–Crippen MR) is 123 cm³/mol. The van der Waals surface area contributed by atoms with Crippen LogP contribution in [0.25, 0.3) is 0 Å². The van der Waals surface area contributed by atoms with Crippen LogP contribution in [0.15, 0.2) is 72.9 Å². The maximum atomic E-state index is 12.8. The highest BCUT2D eigenvalue weighted by atomic mass is 35.5. The van der Waals surface area contributed by atoms with Crippen molar-refractivity contribution in [1.82, 2.24) is 4.98 Å². The Morgan fingerprint density at radius 2 is 1.75 bits per heavy atom. The maximum Gasteiger partial charge on any atom is 0.417 e. The van der Waals surface area contributed by atoms with Gasteiger partial charge in [0, 0.05) is 18.3 Å². The molecule has 2 aromatic carbocycles. The van der Waals surface area contributed by atoms with Crippen LogP contribution >= 0.6 is 11.6 Å². The van der Waals surface area contributed by atoms with Crippen LogP contribution < -0.4 is 9.47 Å². The second-order valence-corrected chi connectivity index (χ2v) is 7.58. The van der Waals surface area contributed by atoms with E-state index in [1.165, 1.54) is 48.5 Å². The van der Waals surface area contributed by atoms with Crippen molar-refractivity contribution in [2.45, 2.75) is 19.2 Å². The molecule has 0 aliphatic rings. The van der Waals surface area contributed by atoms with E-state index in [0.717, 1.165) is 0 Å². The molecule has 0 N–H and O–H groups in total. The minimum absolute atomic E-state index is 0.0354. The summed E-state index contributed by atoms with van der Waals surface area (Å²) in [6.45, 7) is 5.49. The van der Waals surface area contributed by atoms with Gasteiger partial charge in [-0.25, -0.2) is 9.78 Å². The van der Waals surface area contributed by atoms with Crippen molar-refractivity contribution in [3.05, 3.63) is 99.2 Å². The zero-order valence-corrected chi connectivity index (χ0v) is 19.4. The summed E-state index contributed by atoms with van der Waals surface area (Å²) in [6.07, 6.45) is -5.01. The van der Waals surface area contributed by atoms with Crippen molar-refractivity contribution in [1.29, 1.82) is 0 Å². The number of hydrogen-bond acceptors (Lipinski definition) is 7. The molecule has 3 rings (SSSR count). The molecular formula is C24H18ClF3N2O6. The van der Waals surface area contributed by atoms with E-state index in [0.29, 0.717) is 17.8 Å². The van der Waals surface area contributed by atoms with E-state index in [1.54, 1.807) is 6.92 Å². The van der Waals surface area contributed by atoms with E-state index in [1.807, 2.05) is 0 Å². The van der Waals surface area contributed by atoms with Crippen molar-refractivity contribution in [3.8, 4) is 17.4 Å². The van der Waals surface area contributed by atoms with Crippen LogP contribution in [0.3, 0.4) is 0 Å². The molecule has 0 saturated carbocycles. The third-order valence-electron chi connectivity index (χ3n) is 4.69. The normalized spacial score (nSPS) is 11.9. The number of benzene rings is 2. The molecule has 188 valence electrons. The van der Waals surface area contributed by atoms with E-state index in [2.05, 4.69) is 11.6 Å². The first-order chi connectivity index (χ1) is 17.0. The summed E-state index contributed by atoms with van der Waals surface area (Å²) in [6, 6.07) is 12.0. The number of rotatable bonds is 9. The first-order valence-electron chi connectivity index (χ1n) is 10.3. The van der Waals surface area contributed by atoms with Crippen LogP contribution in [0.2, 0.25) is 5.02 Å². The molecule has 0 aliphatic heterocycles. The molecule has 0 saturated heterocycles. The van der Waals surface area contributed by atoms with Crippen LogP contribution in [0.1, 0.15) is 24.2 Å². The van der Waals surface area contributed by atoms with Crippen LogP contribution in [-0.4, -0.2) is 22.5 Å². The van der Waals surface area contributed by atoms with Gasteiger partial charge in [0.2, 0.25) is 5.88 Å². The number of aromatic nitrogens is 1. The van der Waals surface area contributed by atoms with Gasteiger partial charge in [0.05, 0.1) is 22.7 Å². The smallest absolute Gasteiger partial charge is 0.417 e. The van der Waals surface area contributed by atoms with Gasteiger partial charge in [-0.15, -0.1) is 0 Å². The second-order valence-electron chi connectivity index (χ2n) is 7.17. The lowest BCUT2D eigenvalue weighted by molar-refractivity contribution is -0.384. The number of nitrogens with zero attached hydrogens (tertiary/aromatic N) is 2. The van der Waals surface area contributed by atoms with E-state index in [9.17, 15) is 28.1 Å². The molecule has 1 heterocycles. The highest BCUT2D eigenvalue weighted by Crippen LogP contribution is 2.35. The molecule has 0 aliphatic carbocycles. The largest absolute Gasteiger partial charge is 0.481 e. The van der Waals surface area contributed by atoms with Crippen LogP contribution in [0.4, 0.5) is 18.9 Å². The van der Waals surface area contributed by atoms with Gasteiger partial charge in [-0.05, 0) is 55.0 Å². The van der Waals surface area contributed by atoms with E-state index >= 15 is 0 Å². The summed E-state index contributed by atoms with van der Waals surface area (Å²) in [5, 5.41) is 10.6. The Morgan fingerprint density at radius 3 is 2.28 bits per heavy atom. The summed E-state index contributed by atoms with van der Waals surface area (Å²) >= 11 is 5.87. The number of halogens is 4. The molecule has 0 amide bonds. The van der Waals surface area contributed by atoms with Gasteiger partial charge in [-0.2, -0.15) is 13.2 Å². The number of nitro benzene ring substituents is 1. The second kappa shape index (κ2) is 11.1. The van der Waals surface area contributed by atoms with Gasteiger partial charge in [-0.1, -0.05) is 18.2 Å². The molecular weight excluding hydrogens is 505 g/mol. The first kappa shape index (κ1) is 26.5. The summed E-state index contributed by atoms with van der Waals surface area (Å²) < 4.78 is 54.7. The van der Waals surface area contributed by atoms with E-state index < -0.39 is 28.7 Å². The Balaban J connectivity index is 1.80. The lowest BCUT2D eigenvalue weighted by atomic mass is 10.0. The first-order valence-corrected chi connectivity index (χ1v) is 10.6. The Hall–Kier alpha value is -4.12. The molecule has 12 heteroatoms. The summed E-state index contributed by atoms with van der Waals surface area (Å²) in [5.41, 5.74) is -0.773. The molecule has 36 heavy (non-hydrogen) atoms. The monoisotopic (exact) mass is 522 g/mol. The Labute approximate surface area is 208 Å². The molecule has 1 unspecified atom stereocenters. The Kier molecular flexibility index (Phi) is 8.15. The number of hydrogen-bond donors (Lipinski definition) is 0. The number of carbonyl (C=O) groups excluding carboxylic acids is 1. The zero-order chi connectivity index (χ0) is 26.5. The van der Waals surface area contributed by atoms with Gasteiger partial charge in [0.15, 0.2) is 6.10 Å². The zero-order valence-electron chi connectivity index (χ0n) is 18.6. The molecule has 1 aromatic heterocycles. The third-order valence-corrected chi connectivity index (χ3v) is 4.96. The van der Waals surface area contributed by atoms with Gasteiger partial charge < -0.3 is 14.2 Å². The standard InChI is InChI=1S/C24H18ClF3N2O6/c1-3-34-23(31)14(2)21(15-4-6-17(7-5-15)30(32)33)35-18-8-10-19(11-9-18)36-22-20(25)12-16(13-29-22)24(26,27)28/h4-13,21H,2-3H2,1H3. The van der Waals surface area contributed by atoms with Crippen molar-refractivity contribution < 1.29 is 37.1 Å². The van der Waals surface area contributed by atoms with E-state index in [-0.39, 0.29) is 40.3 Å². The van der Waals surface area contributed by atoms with Crippen LogP contribution in [0, 0.1) is 10.1 Å². The summed E-state index contributed by atoms with van der Waals surface area (Å²) in [4.78, 5) is 26.3. The molecule has 0 radical (unpaired) electrons. The molecule has 8 nitrogen and oxygen atoms in total. The number of non-ortho nitro benzene ring substituents is 1. The van der Waals surface area contributed by atoms with Crippen molar-refractivity contribution in [2.24, 2.45) is 0 Å². The molecule has 0 spiro atoms. The quantitative estimate of drug-likeness (QED) is 0.133. The number of pyridine rings is 1. The van der Waals surface area contributed by atoms with Crippen molar-refractivity contribution >= 4 is 23.3 Å². The van der Waals surface area contributed by atoms with Gasteiger partial charge in [0.1, 0.15) is 16.5 Å². The van der Waals surface area contributed by atoms with Gasteiger partial charge in [0.25, 0.3) is 5.69 Å². The fourth-order valence-electron chi connectivity index (χ4n) is 2.93. The topological polar surface area (TPSA) is 101 Å². The summed E-state index contributed by atoms with van der Waals surface area (Å²) in [7, 11) is 0. The third kappa shape index (κ3) is 6.51. The highest BCUT2D eigenvalue weighted by Gasteiger charge is 2.32. The number of esters is 1. The van der Waals surface area contributed by atoms with Crippen molar-refractivity contribution in [2.75, 3.05) is 6.61 Å². The molecule has 3 aromatic rings. The van der Waals surface area contributed by atoms with Crippen molar-refractivity contribution in [3.63, 3.8) is 0 Å².